The van der Waals surface area contributed by atoms with Gasteiger partial charge in [0.15, 0.2) is 5.82 Å². The second-order valence-corrected chi connectivity index (χ2v) is 10.7. The van der Waals surface area contributed by atoms with Crippen molar-refractivity contribution in [2.75, 3.05) is 0 Å². The molecule has 0 aliphatic rings. The maximum absolute atomic E-state index is 5.10. The van der Waals surface area contributed by atoms with E-state index < -0.39 is 0 Å². The van der Waals surface area contributed by atoms with Crippen LogP contribution in [0.4, 0.5) is 0 Å². The van der Waals surface area contributed by atoms with Crippen LogP contribution in [0.1, 0.15) is 0 Å². The average molecular weight is 535 g/mol. The molecule has 0 fully saturated rings. The Morgan fingerprint density at radius 1 is 0.405 bits per heavy atom. The van der Waals surface area contributed by atoms with Gasteiger partial charge in [-0.05, 0) is 73.8 Å². The SMILES string of the molecule is c1cnc(-c2ccc3ccc4c(-c5cccc(-c6ccc7ccc8cccnc8c7n6)c5)ccc5ccc2c3c54)nc1. The summed E-state index contributed by atoms with van der Waals surface area (Å²) in [4.78, 5) is 18.8. The summed E-state index contributed by atoms with van der Waals surface area (Å²) in [6, 6.07) is 40.8. The third kappa shape index (κ3) is 3.42. The highest BCUT2D eigenvalue weighted by atomic mass is 14.9. The maximum Gasteiger partial charge on any atom is 0.159 e. The number of hydrogen-bond donors (Lipinski definition) is 0. The zero-order chi connectivity index (χ0) is 27.6. The van der Waals surface area contributed by atoms with E-state index in [0.29, 0.717) is 0 Å². The minimum atomic E-state index is 0.745. The molecule has 42 heavy (non-hydrogen) atoms. The number of pyridine rings is 2. The third-order valence-electron chi connectivity index (χ3n) is 8.37. The molecule has 0 aliphatic heterocycles. The van der Waals surface area contributed by atoms with Crippen molar-refractivity contribution >= 4 is 54.1 Å². The zero-order valence-electron chi connectivity index (χ0n) is 22.5. The van der Waals surface area contributed by atoms with Crippen LogP contribution in [0.5, 0.6) is 0 Å². The first-order valence-electron chi connectivity index (χ1n) is 14.1. The lowest BCUT2D eigenvalue weighted by molar-refractivity contribution is 1.18. The van der Waals surface area contributed by atoms with E-state index in [4.69, 9.17) is 4.98 Å². The molecular weight excluding hydrogens is 512 g/mol. The third-order valence-corrected chi connectivity index (χ3v) is 8.37. The van der Waals surface area contributed by atoms with Gasteiger partial charge in [0, 0.05) is 40.5 Å². The van der Waals surface area contributed by atoms with Crippen LogP contribution >= 0.6 is 0 Å². The highest BCUT2D eigenvalue weighted by Gasteiger charge is 2.16. The predicted octanol–water partition coefficient (Wildman–Crippen LogP) is 9.47. The molecule has 9 aromatic rings. The van der Waals surface area contributed by atoms with Crippen molar-refractivity contribution in [2.24, 2.45) is 0 Å². The average Bonchev–Trinajstić information content (AvgIpc) is 3.07. The topological polar surface area (TPSA) is 51.6 Å². The molecule has 194 valence electrons. The Bertz CT molecular complexity index is 2470. The molecule has 0 bridgehead atoms. The van der Waals surface area contributed by atoms with Crippen LogP contribution in [0.2, 0.25) is 0 Å². The van der Waals surface area contributed by atoms with Gasteiger partial charge in [0.05, 0.1) is 16.7 Å². The van der Waals surface area contributed by atoms with Crippen LogP contribution in [0.3, 0.4) is 0 Å². The van der Waals surface area contributed by atoms with Crippen LogP contribution in [0.15, 0.2) is 134 Å². The second kappa shape index (κ2) is 8.88. The van der Waals surface area contributed by atoms with Crippen LogP contribution in [0, 0.1) is 0 Å². The molecular formula is C38H22N4. The molecule has 0 aliphatic carbocycles. The Hall–Kier alpha value is -5.74. The normalized spacial score (nSPS) is 11.8. The van der Waals surface area contributed by atoms with Gasteiger partial charge in [-0.15, -0.1) is 0 Å². The molecule has 0 saturated heterocycles. The van der Waals surface area contributed by atoms with E-state index in [-0.39, 0.29) is 0 Å². The van der Waals surface area contributed by atoms with Gasteiger partial charge in [0.25, 0.3) is 0 Å². The Balaban J connectivity index is 1.24. The Labute approximate surface area is 241 Å². The highest BCUT2D eigenvalue weighted by molar-refractivity contribution is 6.27. The van der Waals surface area contributed by atoms with Gasteiger partial charge < -0.3 is 0 Å². The van der Waals surface area contributed by atoms with E-state index in [9.17, 15) is 0 Å². The summed E-state index contributed by atoms with van der Waals surface area (Å²) in [7, 11) is 0. The van der Waals surface area contributed by atoms with Gasteiger partial charge in [-0.25, -0.2) is 15.0 Å². The molecule has 0 amide bonds. The molecule has 3 heterocycles. The van der Waals surface area contributed by atoms with Gasteiger partial charge in [-0.1, -0.05) is 84.9 Å². The molecule has 3 aromatic heterocycles. The van der Waals surface area contributed by atoms with Crippen molar-refractivity contribution in [2.45, 2.75) is 0 Å². The van der Waals surface area contributed by atoms with E-state index in [1.54, 1.807) is 12.4 Å². The Kier molecular flexibility index (Phi) is 4.87. The first kappa shape index (κ1) is 23.0. The van der Waals surface area contributed by atoms with Gasteiger partial charge in [0.1, 0.15) is 0 Å². The minimum absolute atomic E-state index is 0.745. The molecule has 0 radical (unpaired) electrons. The van der Waals surface area contributed by atoms with Crippen molar-refractivity contribution in [1.82, 2.24) is 19.9 Å². The lowest BCUT2D eigenvalue weighted by Gasteiger charge is -2.16. The fourth-order valence-corrected chi connectivity index (χ4v) is 6.42. The van der Waals surface area contributed by atoms with Gasteiger partial charge >= 0.3 is 0 Å². The largest absolute Gasteiger partial charge is 0.254 e. The van der Waals surface area contributed by atoms with E-state index in [0.717, 1.165) is 50.0 Å². The second-order valence-electron chi connectivity index (χ2n) is 10.7. The van der Waals surface area contributed by atoms with E-state index in [1.165, 1.54) is 37.9 Å². The van der Waals surface area contributed by atoms with Crippen molar-refractivity contribution in [3.05, 3.63) is 134 Å². The Morgan fingerprint density at radius 2 is 1.02 bits per heavy atom. The number of hydrogen-bond acceptors (Lipinski definition) is 4. The first-order valence-corrected chi connectivity index (χ1v) is 14.1. The van der Waals surface area contributed by atoms with Gasteiger partial charge in [-0.2, -0.15) is 0 Å². The number of aromatic nitrogens is 4. The standard InChI is InChI=1S/C38H22N4/c1-4-27(22-28(5-1)33-18-13-26-8-7-25-6-2-19-39-36(25)37(26)42-33)29-14-9-23-11-16-31-32(38-40-20-3-21-41-38)17-12-24-10-15-30(29)34(23)35(24)31/h1-22H. The van der Waals surface area contributed by atoms with Crippen molar-refractivity contribution < 1.29 is 0 Å². The van der Waals surface area contributed by atoms with Gasteiger partial charge in [0.2, 0.25) is 0 Å². The van der Waals surface area contributed by atoms with Crippen molar-refractivity contribution in [3.63, 3.8) is 0 Å². The molecule has 0 spiro atoms. The molecule has 0 N–H and O–H groups in total. The molecule has 4 nitrogen and oxygen atoms in total. The molecule has 4 heteroatoms. The maximum atomic E-state index is 5.10. The fourth-order valence-electron chi connectivity index (χ4n) is 6.42. The van der Waals surface area contributed by atoms with Gasteiger partial charge in [-0.3, -0.25) is 4.98 Å². The van der Waals surface area contributed by atoms with E-state index in [2.05, 4.69) is 118 Å². The number of rotatable bonds is 3. The Morgan fingerprint density at radius 3 is 1.83 bits per heavy atom. The summed E-state index contributed by atoms with van der Waals surface area (Å²) in [5, 5.41) is 9.56. The summed E-state index contributed by atoms with van der Waals surface area (Å²) in [5.74, 6) is 0.745. The number of fused-ring (bicyclic) bond motifs is 3. The minimum Gasteiger partial charge on any atom is -0.254 e. The van der Waals surface area contributed by atoms with Crippen LogP contribution in [-0.4, -0.2) is 19.9 Å². The lowest BCUT2D eigenvalue weighted by atomic mass is 9.88. The van der Waals surface area contributed by atoms with E-state index in [1.807, 2.05) is 18.3 Å². The molecule has 9 rings (SSSR count). The zero-order valence-corrected chi connectivity index (χ0v) is 22.5. The summed E-state index contributed by atoms with van der Waals surface area (Å²) in [6.07, 6.45) is 5.43. The molecule has 0 unspecified atom stereocenters. The summed E-state index contributed by atoms with van der Waals surface area (Å²) in [5.41, 5.74) is 7.29. The highest BCUT2D eigenvalue weighted by Crippen LogP contribution is 2.42. The number of nitrogens with zero attached hydrogens (tertiary/aromatic N) is 4. The van der Waals surface area contributed by atoms with Crippen molar-refractivity contribution in [3.8, 4) is 33.8 Å². The molecule has 0 saturated carbocycles. The molecule has 0 atom stereocenters. The first-order chi connectivity index (χ1) is 20.8. The summed E-state index contributed by atoms with van der Waals surface area (Å²) < 4.78 is 0. The lowest BCUT2D eigenvalue weighted by Crippen LogP contribution is -1.92. The van der Waals surface area contributed by atoms with Crippen LogP contribution < -0.4 is 0 Å². The predicted molar refractivity (Wildman–Crippen MR) is 173 cm³/mol. The number of benzene rings is 6. The van der Waals surface area contributed by atoms with E-state index >= 15 is 0 Å². The smallest absolute Gasteiger partial charge is 0.159 e. The molecule has 6 aromatic carbocycles. The fraction of sp³-hybridized carbons (Fsp3) is 0. The summed E-state index contributed by atoms with van der Waals surface area (Å²) >= 11 is 0. The van der Waals surface area contributed by atoms with Crippen molar-refractivity contribution in [1.29, 1.82) is 0 Å². The quantitative estimate of drug-likeness (QED) is 0.212. The van der Waals surface area contributed by atoms with Crippen LogP contribution in [0.25, 0.3) is 87.9 Å². The van der Waals surface area contributed by atoms with Crippen LogP contribution in [-0.2, 0) is 0 Å². The summed E-state index contributed by atoms with van der Waals surface area (Å²) in [6.45, 7) is 0. The monoisotopic (exact) mass is 534 g/mol.